The molecule has 0 aliphatic carbocycles. The molecule has 0 spiro atoms. The van der Waals surface area contributed by atoms with E-state index >= 15 is 0 Å². The number of carbonyl (C=O) groups excluding carboxylic acids is 2. The number of fused-ring (bicyclic) bond motifs is 1. The molecule has 102 valence electrons. The summed E-state index contributed by atoms with van der Waals surface area (Å²) >= 11 is 0. The molecule has 1 unspecified atom stereocenters. The maximum atomic E-state index is 12.4. The molecule has 0 aromatic heterocycles. The smallest absolute Gasteiger partial charge is 0.260 e. The average Bonchev–Trinajstić information content (AvgIpc) is 2.40. The maximum absolute atomic E-state index is 12.4. The summed E-state index contributed by atoms with van der Waals surface area (Å²) in [6, 6.07) is 5.20. The molecule has 0 fully saturated rings. The Morgan fingerprint density at radius 3 is 2.68 bits per heavy atom. The summed E-state index contributed by atoms with van der Waals surface area (Å²) in [5.41, 5.74) is 7.65. The Labute approximate surface area is 113 Å². The average molecular weight is 260 g/mol. The molecular weight excluding hydrogens is 240 g/mol. The molecule has 4 heteroatoms. The summed E-state index contributed by atoms with van der Waals surface area (Å²) in [6.07, 6.45) is 2.95. The molecule has 1 heterocycles. The van der Waals surface area contributed by atoms with Crippen LogP contribution < -0.4 is 5.73 Å². The number of amides is 2. The number of unbranched alkanes of at least 4 members (excludes halogenated alkanes) is 2. The first-order valence-electron chi connectivity index (χ1n) is 6.81. The van der Waals surface area contributed by atoms with E-state index < -0.39 is 0 Å². The molecule has 0 radical (unpaired) electrons. The van der Waals surface area contributed by atoms with Crippen LogP contribution in [0.3, 0.4) is 0 Å². The second-order valence-electron chi connectivity index (χ2n) is 5.07. The molecule has 2 amide bonds. The van der Waals surface area contributed by atoms with Crippen LogP contribution in [0.4, 0.5) is 5.69 Å². The van der Waals surface area contributed by atoms with Crippen LogP contribution >= 0.6 is 0 Å². The van der Waals surface area contributed by atoms with Crippen molar-refractivity contribution < 1.29 is 9.59 Å². The van der Waals surface area contributed by atoms with E-state index in [9.17, 15) is 9.59 Å². The number of rotatable bonds is 4. The second kappa shape index (κ2) is 5.43. The number of hydrogen-bond acceptors (Lipinski definition) is 3. The standard InChI is InChI=1S/C15H20N2O2/c1-3-4-5-8-17-14(18)10(2)12-7-6-11(16)9-13(12)15(17)19/h6-7,9-10H,3-5,8,16H2,1-2H3. The van der Waals surface area contributed by atoms with Gasteiger partial charge < -0.3 is 5.73 Å². The van der Waals surface area contributed by atoms with Gasteiger partial charge >= 0.3 is 0 Å². The zero-order chi connectivity index (χ0) is 14.0. The van der Waals surface area contributed by atoms with Gasteiger partial charge in [-0.15, -0.1) is 0 Å². The van der Waals surface area contributed by atoms with Gasteiger partial charge in [0.2, 0.25) is 5.91 Å². The first kappa shape index (κ1) is 13.6. The molecule has 19 heavy (non-hydrogen) atoms. The SMILES string of the molecule is CCCCCN1C(=O)c2cc(N)ccc2C(C)C1=O. The number of imide groups is 1. The van der Waals surface area contributed by atoms with Crippen molar-refractivity contribution in [1.29, 1.82) is 0 Å². The van der Waals surface area contributed by atoms with E-state index in [1.165, 1.54) is 4.90 Å². The fourth-order valence-corrected chi connectivity index (χ4v) is 2.48. The summed E-state index contributed by atoms with van der Waals surface area (Å²) < 4.78 is 0. The third-order valence-corrected chi connectivity index (χ3v) is 3.64. The van der Waals surface area contributed by atoms with Gasteiger partial charge in [-0.05, 0) is 31.0 Å². The molecule has 0 saturated carbocycles. The third kappa shape index (κ3) is 2.48. The fourth-order valence-electron chi connectivity index (χ4n) is 2.48. The Bertz CT molecular complexity index is 511. The quantitative estimate of drug-likeness (QED) is 0.514. The molecule has 2 rings (SSSR count). The van der Waals surface area contributed by atoms with Crippen LogP contribution in [0.25, 0.3) is 0 Å². The Hall–Kier alpha value is -1.84. The highest BCUT2D eigenvalue weighted by Crippen LogP contribution is 2.30. The number of anilines is 1. The van der Waals surface area contributed by atoms with Gasteiger partial charge in [-0.2, -0.15) is 0 Å². The van der Waals surface area contributed by atoms with Crippen molar-refractivity contribution in [3.05, 3.63) is 29.3 Å². The van der Waals surface area contributed by atoms with E-state index in [0.29, 0.717) is 17.8 Å². The van der Waals surface area contributed by atoms with Crippen LogP contribution in [0.2, 0.25) is 0 Å². The van der Waals surface area contributed by atoms with E-state index in [0.717, 1.165) is 24.8 Å². The highest BCUT2D eigenvalue weighted by molar-refractivity contribution is 6.11. The Balaban J connectivity index is 2.30. The molecule has 2 N–H and O–H groups in total. The van der Waals surface area contributed by atoms with Crippen LogP contribution in [0.5, 0.6) is 0 Å². The van der Waals surface area contributed by atoms with Gasteiger partial charge in [-0.1, -0.05) is 25.8 Å². The van der Waals surface area contributed by atoms with Crippen molar-refractivity contribution in [2.75, 3.05) is 12.3 Å². The lowest BCUT2D eigenvalue weighted by Gasteiger charge is -2.31. The van der Waals surface area contributed by atoms with Crippen LogP contribution in [0, 0.1) is 0 Å². The topological polar surface area (TPSA) is 63.4 Å². The van der Waals surface area contributed by atoms with Crippen molar-refractivity contribution in [2.24, 2.45) is 0 Å². The number of benzene rings is 1. The van der Waals surface area contributed by atoms with Crippen molar-refractivity contribution in [3.63, 3.8) is 0 Å². The minimum atomic E-state index is -0.269. The molecule has 1 aromatic rings. The van der Waals surface area contributed by atoms with Gasteiger partial charge in [0.1, 0.15) is 0 Å². The monoisotopic (exact) mass is 260 g/mol. The summed E-state index contributed by atoms with van der Waals surface area (Å²) in [7, 11) is 0. The number of carbonyl (C=O) groups is 2. The summed E-state index contributed by atoms with van der Waals surface area (Å²) in [6.45, 7) is 4.44. The van der Waals surface area contributed by atoms with Crippen molar-refractivity contribution in [3.8, 4) is 0 Å². The maximum Gasteiger partial charge on any atom is 0.260 e. The van der Waals surface area contributed by atoms with Gasteiger partial charge in [0.25, 0.3) is 5.91 Å². The lowest BCUT2D eigenvalue weighted by atomic mass is 9.89. The van der Waals surface area contributed by atoms with Crippen LogP contribution in [0.15, 0.2) is 18.2 Å². The predicted octanol–water partition coefficient (Wildman–Crippen LogP) is 2.54. The van der Waals surface area contributed by atoms with Gasteiger partial charge in [0.05, 0.1) is 5.92 Å². The highest BCUT2D eigenvalue weighted by atomic mass is 16.2. The Morgan fingerprint density at radius 2 is 2.00 bits per heavy atom. The van der Waals surface area contributed by atoms with E-state index in [1.54, 1.807) is 18.2 Å². The molecule has 1 aromatic carbocycles. The molecular formula is C15H20N2O2. The zero-order valence-electron chi connectivity index (χ0n) is 11.5. The highest BCUT2D eigenvalue weighted by Gasteiger charge is 2.35. The second-order valence-corrected chi connectivity index (χ2v) is 5.07. The van der Waals surface area contributed by atoms with E-state index in [-0.39, 0.29) is 17.7 Å². The molecule has 0 bridgehead atoms. The summed E-state index contributed by atoms with van der Waals surface area (Å²) in [5.74, 6) is -0.574. The fraction of sp³-hybridized carbons (Fsp3) is 0.467. The Kier molecular flexibility index (Phi) is 3.88. The number of nitrogens with zero attached hydrogens (tertiary/aromatic N) is 1. The first-order valence-corrected chi connectivity index (χ1v) is 6.81. The summed E-state index contributed by atoms with van der Waals surface area (Å²) in [5, 5.41) is 0. The van der Waals surface area contributed by atoms with Gasteiger partial charge in [-0.3, -0.25) is 14.5 Å². The van der Waals surface area contributed by atoms with Gasteiger partial charge in [0, 0.05) is 17.8 Å². The van der Waals surface area contributed by atoms with Gasteiger partial charge in [0.15, 0.2) is 0 Å². The zero-order valence-corrected chi connectivity index (χ0v) is 11.5. The third-order valence-electron chi connectivity index (χ3n) is 3.64. The molecule has 0 saturated heterocycles. The van der Waals surface area contributed by atoms with Crippen molar-refractivity contribution in [1.82, 2.24) is 4.90 Å². The number of hydrogen-bond donors (Lipinski definition) is 1. The number of nitrogens with two attached hydrogens (primary N) is 1. The Morgan fingerprint density at radius 1 is 1.26 bits per heavy atom. The molecule has 1 aliphatic rings. The lowest BCUT2D eigenvalue weighted by molar-refractivity contribution is -0.130. The minimum absolute atomic E-state index is 0.0987. The van der Waals surface area contributed by atoms with Crippen LogP contribution in [-0.2, 0) is 4.79 Å². The van der Waals surface area contributed by atoms with Crippen LogP contribution in [0.1, 0.15) is 54.9 Å². The normalized spacial score (nSPS) is 18.6. The van der Waals surface area contributed by atoms with Crippen molar-refractivity contribution in [2.45, 2.75) is 39.0 Å². The van der Waals surface area contributed by atoms with E-state index in [1.807, 2.05) is 6.92 Å². The molecule has 4 nitrogen and oxygen atoms in total. The number of nitrogen functional groups attached to an aromatic ring is 1. The van der Waals surface area contributed by atoms with Crippen LogP contribution in [-0.4, -0.2) is 23.3 Å². The van der Waals surface area contributed by atoms with Gasteiger partial charge in [-0.25, -0.2) is 0 Å². The van der Waals surface area contributed by atoms with E-state index in [2.05, 4.69) is 6.92 Å². The molecule has 1 atom stereocenters. The lowest BCUT2D eigenvalue weighted by Crippen LogP contribution is -2.44. The predicted molar refractivity (Wildman–Crippen MR) is 74.8 cm³/mol. The minimum Gasteiger partial charge on any atom is -0.399 e. The van der Waals surface area contributed by atoms with E-state index in [4.69, 9.17) is 5.73 Å². The van der Waals surface area contributed by atoms with Crippen molar-refractivity contribution >= 4 is 17.5 Å². The molecule has 1 aliphatic heterocycles. The largest absolute Gasteiger partial charge is 0.399 e. The first-order chi connectivity index (χ1) is 9.06. The summed E-state index contributed by atoms with van der Waals surface area (Å²) in [4.78, 5) is 26.0.